The van der Waals surface area contributed by atoms with E-state index in [9.17, 15) is 14.4 Å². The first-order valence-corrected chi connectivity index (χ1v) is 10.0. The Morgan fingerprint density at radius 2 is 1.97 bits per heavy atom. The van der Waals surface area contributed by atoms with Crippen molar-refractivity contribution in [1.82, 2.24) is 5.32 Å². The standard InChI is InChI=1S/C19H12BrClN2O5S/c20-12-3-6-14(28-9-16(24)25)11(7-12)8-15-18(27)23-19(29-15)22-17(26)10-1-4-13(21)5-2-10/h1-8H,9H2,(H,24,25)(H,22,23,26,27)/b15-8-. The zero-order valence-corrected chi connectivity index (χ0v) is 17.7. The zero-order chi connectivity index (χ0) is 21.0. The Balaban J connectivity index is 1.82. The molecule has 7 nitrogen and oxygen atoms in total. The van der Waals surface area contributed by atoms with Crippen molar-refractivity contribution < 1.29 is 24.2 Å². The summed E-state index contributed by atoms with van der Waals surface area (Å²) in [4.78, 5) is 39.5. The molecule has 1 saturated heterocycles. The lowest BCUT2D eigenvalue weighted by atomic mass is 10.2. The molecule has 0 radical (unpaired) electrons. The minimum absolute atomic E-state index is 0.143. The van der Waals surface area contributed by atoms with Crippen LogP contribution in [0, 0.1) is 0 Å². The first-order chi connectivity index (χ1) is 13.8. The summed E-state index contributed by atoms with van der Waals surface area (Å²) in [5.41, 5.74) is 0.842. The van der Waals surface area contributed by atoms with E-state index in [0.29, 0.717) is 21.9 Å². The number of rotatable bonds is 5. The van der Waals surface area contributed by atoms with Crippen molar-refractivity contribution in [3.8, 4) is 5.75 Å². The van der Waals surface area contributed by atoms with Crippen LogP contribution in [-0.4, -0.2) is 34.7 Å². The van der Waals surface area contributed by atoms with Crippen LogP contribution in [-0.2, 0) is 9.59 Å². The van der Waals surface area contributed by atoms with Crippen LogP contribution in [0.5, 0.6) is 5.75 Å². The van der Waals surface area contributed by atoms with Crippen LogP contribution in [0.1, 0.15) is 15.9 Å². The number of carboxylic acid groups (broad SMARTS) is 1. The number of thioether (sulfide) groups is 1. The van der Waals surface area contributed by atoms with E-state index in [4.69, 9.17) is 21.4 Å². The van der Waals surface area contributed by atoms with Gasteiger partial charge in [0, 0.05) is 20.6 Å². The summed E-state index contributed by atoms with van der Waals surface area (Å²) >= 11 is 10.1. The van der Waals surface area contributed by atoms with E-state index in [1.54, 1.807) is 42.5 Å². The number of aliphatic carboxylic acids is 1. The minimum atomic E-state index is -1.12. The highest BCUT2D eigenvalue weighted by Gasteiger charge is 2.25. The summed E-state index contributed by atoms with van der Waals surface area (Å²) in [6.07, 6.45) is 1.54. The number of nitrogens with zero attached hydrogens (tertiary/aromatic N) is 1. The molecule has 3 rings (SSSR count). The van der Waals surface area contributed by atoms with Crippen molar-refractivity contribution in [2.24, 2.45) is 4.99 Å². The van der Waals surface area contributed by atoms with Crippen LogP contribution in [0.25, 0.3) is 6.08 Å². The monoisotopic (exact) mass is 494 g/mol. The van der Waals surface area contributed by atoms with Crippen LogP contribution in [0.3, 0.4) is 0 Å². The fourth-order valence-corrected chi connectivity index (χ4v) is 3.59. The normalized spacial score (nSPS) is 16.1. The highest BCUT2D eigenvalue weighted by molar-refractivity contribution is 9.10. The maximum absolute atomic E-state index is 12.3. The molecule has 1 fully saturated rings. The highest BCUT2D eigenvalue weighted by atomic mass is 79.9. The number of benzene rings is 2. The molecule has 0 bridgehead atoms. The minimum Gasteiger partial charge on any atom is -0.481 e. The maximum atomic E-state index is 12.3. The zero-order valence-electron chi connectivity index (χ0n) is 14.5. The molecule has 0 aliphatic carbocycles. The molecular formula is C19H12BrClN2O5S. The van der Waals surface area contributed by atoms with E-state index in [-0.39, 0.29) is 10.1 Å². The number of halogens is 2. The quantitative estimate of drug-likeness (QED) is 0.608. The third-order valence-corrected chi connectivity index (χ3v) is 5.21. The molecule has 0 unspecified atom stereocenters. The van der Waals surface area contributed by atoms with Gasteiger partial charge < -0.3 is 15.2 Å². The summed E-state index contributed by atoms with van der Waals surface area (Å²) < 4.78 is 5.98. The Bertz CT molecular complexity index is 1050. The number of hydrogen-bond donors (Lipinski definition) is 2. The molecule has 0 saturated carbocycles. The number of aliphatic imine (C=N–C) groups is 1. The molecule has 2 amide bonds. The van der Waals surface area contributed by atoms with Gasteiger partial charge in [-0.1, -0.05) is 27.5 Å². The summed E-state index contributed by atoms with van der Waals surface area (Å²) in [5.74, 6) is -1.76. The molecule has 2 aromatic carbocycles. The lowest BCUT2D eigenvalue weighted by Gasteiger charge is -2.08. The van der Waals surface area contributed by atoms with Crippen molar-refractivity contribution in [3.63, 3.8) is 0 Å². The molecule has 29 heavy (non-hydrogen) atoms. The number of amides is 2. The van der Waals surface area contributed by atoms with Gasteiger partial charge >= 0.3 is 5.97 Å². The van der Waals surface area contributed by atoms with Crippen LogP contribution < -0.4 is 10.1 Å². The van der Waals surface area contributed by atoms with Crippen molar-refractivity contribution in [1.29, 1.82) is 0 Å². The number of nitrogens with one attached hydrogen (secondary N) is 1. The van der Waals surface area contributed by atoms with Crippen LogP contribution >= 0.6 is 39.3 Å². The van der Waals surface area contributed by atoms with E-state index in [0.717, 1.165) is 16.2 Å². The lowest BCUT2D eigenvalue weighted by Crippen LogP contribution is -2.20. The Morgan fingerprint density at radius 3 is 2.66 bits per heavy atom. The summed E-state index contributed by atoms with van der Waals surface area (Å²) in [6, 6.07) is 11.2. The van der Waals surface area contributed by atoms with Gasteiger partial charge in [0.1, 0.15) is 5.75 Å². The number of carbonyl (C=O) groups is 3. The van der Waals surface area contributed by atoms with Gasteiger partial charge in [-0.15, -0.1) is 0 Å². The van der Waals surface area contributed by atoms with Gasteiger partial charge in [-0.05, 0) is 60.3 Å². The molecule has 0 spiro atoms. The second-order valence-corrected chi connectivity index (χ2v) is 8.04. The molecule has 0 aromatic heterocycles. The fourth-order valence-electron chi connectivity index (χ4n) is 2.27. The molecule has 2 N–H and O–H groups in total. The average Bonchev–Trinajstić information content (AvgIpc) is 3.00. The van der Waals surface area contributed by atoms with E-state index in [1.807, 2.05) is 0 Å². The van der Waals surface area contributed by atoms with Crippen molar-refractivity contribution in [2.45, 2.75) is 0 Å². The van der Waals surface area contributed by atoms with E-state index in [2.05, 4.69) is 26.2 Å². The van der Waals surface area contributed by atoms with Gasteiger partial charge in [0.2, 0.25) is 0 Å². The molecule has 148 valence electrons. The Labute approximate surface area is 182 Å². The molecule has 2 aromatic rings. The van der Waals surface area contributed by atoms with Gasteiger partial charge in [-0.2, -0.15) is 4.99 Å². The van der Waals surface area contributed by atoms with Gasteiger partial charge in [-0.3, -0.25) is 9.59 Å². The molecule has 1 heterocycles. The fraction of sp³-hybridized carbons (Fsp3) is 0.0526. The number of carbonyl (C=O) groups excluding carboxylic acids is 2. The molecular weight excluding hydrogens is 484 g/mol. The van der Waals surface area contributed by atoms with Gasteiger partial charge in [0.15, 0.2) is 11.8 Å². The van der Waals surface area contributed by atoms with Gasteiger partial charge in [-0.25, -0.2) is 4.79 Å². The Morgan fingerprint density at radius 1 is 1.24 bits per heavy atom. The Hall–Kier alpha value is -2.62. The van der Waals surface area contributed by atoms with Gasteiger partial charge in [0.25, 0.3) is 11.8 Å². The predicted octanol–water partition coefficient (Wildman–Crippen LogP) is 3.97. The third-order valence-electron chi connectivity index (χ3n) is 3.55. The summed E-state index contributed by atoms with van der Waals surface area (Å²) in [6.45, 7) is -0.514. The second-order valence-electron chi connectivity index (χ2n) is 5.66. The highest BCUT2D eigenvalue weighted by Crippen LogP contribution is 2.31. The summed E-state index contributed by atoms with van der Waals surface area (Å²) in [5, 5.41) is 12.0. The first-order valence-electron chi connectivity index (χ1n) is 8.05. The maximum Gasteiger partial charge on any atom is 0.341 e. The SMILES string of the molecule is O=C(O)COc1ccc(Br)cc1/C=C1\SC(=NC(=O)c2ccc(Cl)cc2)NC1=O. The number of ether oxygens (including phenoxy) is 1. The number of hydrogen-bond acceptors (Lipinski definition) is 5. The van der Waals surface area contributed by atoms with E-state index < -0.39 is 24.4 Å². The number of amidine groups is 1. The predicted molar refractivity (Wildman–Crippen MR) is 114 cm³/mol. The van der Waals surface area contributed by atoms with Crippen LogP contribution in [0.4, 0.5) is 0 Å². The van der Waals surface area contributed by atoms with Crippen LogP contribution in [0.15, 0.2) is 56.8 Å². The van der Waals surface area contributed by atoms with Gasteiger partial charge in [0.05, 0.1) is 4.91 Å². The second kappa shape index (κ2) is 9.25. The largest absolute Gasteiger partial charge is 0.481 e. The lowest BCUT2D eigenvalue weighted by molar-refractivity contribution is -0.139. The van der Waals surface area contributed by atoms with Crippen LogP contribution in [0.2, 0.25) is 5.02 Å². The van der Waals surface area contributed by atoms with Crippen molar-refractivity contribution >= 4 is 68.3 Å². The first kappa shape index (κ1) is 21.1. The molecule has 0 atom stereocenters. The average molecular weight is 496 g/mol. The molecule has 10 heteroatoms. The van der Waals surface area contributed by atoms with E-state index >= 15 is 0 Å². The smallest absolute Gasteiger partial charge is 0.341 e. The van der Waals surface area contributed by atoms with Crippen molar-refractivity contribution in [2.75, 3.05) is 6.61 Å². The Kier molecular flexibility index (Phi) is 6.73. The van der Waals surface area contributed by atoms with Crippen molar-refractivity contribution in [3.05, 3.63) is 68.0 Å². The number of carboxylic acids is 1. The summed E-state index contributed by atoms with van der Waals surface area (Å²) in [7, 11) is 0. The topological polar surface area (TPSA) is 105 Å². The molecule has 1 aliphatic rings. The molecule has 1 aliphatic heterocycles. The van der Waals surface area contributed by atoms with E-state index in [1.165, 1.54) is 6.08 Å². The third kappa shape index (κ3) is 5.69.